The summed E-state index contributed by atoms with van der Waals surface area (Å²) in [5, 5.41) is 2.83. The molecule has 0 saturated heterocycles. The maximum absolute atomic E-state index is 10.9. The van der Waals surface area contributed by atoms with Gasteiger partial charge in [0.15, 0.2) is 0 Å². The van der Waals surface area contributed by atoms with Crippen LogP contribution in [-0.2, 0) is 9.53 Å². The Hall–Kier alpha value is -0.220. The third-order valence-electron chi connectivity index (χ3n) is 1.51. The van der Waals surface area contributed by atoms with Crippen LogP contribution in [0, 0.1) is 0 Å². The lowest BCUT2D eigenvalue weighted by atomic mass is 10.2. The molecule has 1 unspecified atom stereocenters. The van der Waals surface area contributed by atoms with E-state index in [1.54, 1.807) is 7.11 Å². The third-order valence-corrected chi connectivity index (χ3v) is 1.80. The summed E-state index contributed by atoms with van der Waals surface area (Å²) in [6.45, 7) is 2.66. The van der Waals surface area contributed by atoms with Crippen molar-refractivity contribution in [2.45, 2.75) is 25.8 Å². The lowest BCUT2D eigenvalue weighted by molar-refractivity contribution is -0.119. The monoisotopic (exact) mass is 191 g/mol. The predicted octanol–water partition coefficient (Wildman–Crippen LogP) is 0.847. The fourth-order valence-electron chi connectivity index (χ4n) is 1.02. The average molecular weight is 191 g/mol. The zero-order valence-electron chi connectivity index (χ0n) is 7.67. The summed E-state index contributed by atoms with van der Waals surface area (Å²) in [7, 11) is 1.63. The molecule has 0 aliphatic carbocycles. The molecule has 3 nitrogen and oxygen atoms in total. The van der Waals surface area contributed by atoms with Crippen molar-refractivity contribution in [1.29, 1.82) is 0 Å². The van der Waals surface area contributed by atoms with Gasteiger partial charge in [0.05, 0.1) is 18.4 Å². The minimum absolute atomic E-state index is 0.0335. The number of methoxy groups -OCH3 is 1. The van der Waals surface area contributed by atoms with Gasteiger partial charge in [-0.3, -0.25) is 4.79 Å². The Morgan fingerprint density at radius 1 is 1.67 bits per heavy atom. The highest BCUT2D eigenvalue weighted by atomic mass is 32.1. The van der Waals surface area contributed by atoms with Crippen molar-refractivity contribution in [3.63, 3.8) is 0 Å². The molecule has 0 aromatic rings. The van der Waals surface area contributed by atoms with Gasteiger partial charge >= 0.3 is 0 Å². The summed E-state index contributed by atoms with van der Waals surface area (Å²) < 4.78 is 4.96. The van der Waals surface area contributed by atoms with E-state index in [-0.39, 0.29) is 17.7 Å². The number of carbonyl (C=O) groups excluding carboxylic acids is 1. The van der Waals surface area contributed by atoms with E-state index < -0.39 is 0 Å². The SMILES string of the molecule is CCCC(COC)NC(=O)CS. The van der Waals surface area contributed by atoms with Crippen LogP contribution in [0.15, 0.2) is 0 Å². The first-order valence-electron chi connectivity index (χ1n) is 4.13. The number of thiol groups is 1. The minimum atomic E-state index is -0.0335. The molecule has 0 aromatic carbocycles. The molecule has 1 atom stereocenters. The van der Waals surface area contributed by atoms with E-state index in [1.165, 1.54) is 0 Å². The van der Waals surface area contributed by atoms with Crippen LogP contribution in [0.5, 0.6) is 0 Å². The van der Waals surface area contributed by atoms with Crippen LogP contribution in [0.1, 0.15) is 19.8 Å². The first-order chi connectivity index (χ1) is 5.74. The smallest absolute Gasteiger partial charge is 0.230 e. The number of rotatable bonds is 6. The molecule has 0 aliphatic heterocycles. The Morgan fingerprint density at radius 3 is 2.75 bits per heavy atom. The largest absolute Gasteiger partial charge is 0.383 e. The lowest BCUT2D eigenvalue weighted by Crippen LogP contribution is -2.38. The molecule has 0 bridgehead atoms. The van der Waals surface area contributed by atoms with Gasteiger partial charge < -0.3 is 10.1 Å². The predicted molar refractivity (Wildman–Crippen MR) is 52.6 cm³/mol. The highest BCUT2D eigenvalue weighted by molar-refractivity contribution is 7.81. The van der Waals surface area contributed by atoms with Crippen molar-refractivity contribution in [3.8, 4) is 0 Å². The molecule has 0 radical (unpaired) electrons. The standard InChI is InChI=1S/C8H17NO2S/c1-3-4-7(5-11-2)9-8(10)6-12/h7,12H,3-6H2,1-2H3,(H,9,10). The molecule has 0 rings (SSSR count). The molecule has 0 spiro atoms. The zero-order chi connectivity index (χ0) is 9.40. The van der Waals surface area contributed by atoms with Crippen LogP contribution >= 0.6 is 12.6 Å². The second kappa shape index (κ2) is 7.43. The molecule has 0 fully saturated rings. The maximum atomic E-state index is 10.9. The van der Waals surface area contributed by atoms with E-state index in [0.717, 1.165) is 12.8 Å². The third kappa shape index (κ3) is 5.43. The Morgan fingerprint density at radius 2 is 2.33 bits per heavy atom. The van der Waals surface area contributed by atoms with E-state index in [9.17, 15) is 4.79 Å². The topological polar surface area (TPSA) is 38.3 Å². The van der Waals surface area contributed by atoms with Crippen molar-refractivity contribution in [2.75, 3.05) is 19.5 Å². The van der Waals surface area contributed by atoms with Gasteiger partial charge in [-0.2, -0.15) is 12.6 Å². The summed E-state index contributed by atoms with van der Waals surface area (Å²) >= 11 is 3.87. The fourth-order valence-corrected chi connectivity index (χ4v) is 1.11. The van der Waals surface area contributed by atoms with Crippen LogP contribution in [0.25, 0.3) is 0 Å². The molecular formula is C8H17NO2S. The highest BCUT2D eigenvalue weighted by Crippen LogP contribution is 1.96. The molecule has 12 heavy (non-hydrogen) atoms. The number of amides is 1. The number of nitrogens with one attached hydrogen (secondary N) is 1. The van der Waals surface area contributed by atoms with Crippen LogP contribution in [0.3, 0.4) is 0 Å². The molecular weight excluding hydrogens is 174 g/mol. The molecule has 0 saturated carbocycles. The second-order valence-electron chi connectivity index (χ2n) is 2.67. The van der Waals surface area contributed by atoms with Gasteiger partial charge in [-0.25, -0.2) is 0 Å². The molecule has 0 aromatic heterocycles. The lowest BCUT2D eigenvalue weighted by Gasteiger charge is -2.16. The summed E-state index contributed by atoms with van der Waals surface area (Å²) in [4.78, 5) is 10.9. The van der Waals surface area contributed by atoms with Gasteiger partial charge in [-0.1, -0.05) is 13.3 Å². The number of ether oxygens (including phenoxy) is 1. The van der Waals surface area contributed by atoms with Gasteiger partial charge in [-0.05, 0) is 6.42 Å². The van der Waals surface area contributed by atoms with Gasteiger partial charge in [-0.15, -0.1) is 0 Å². The molecule has 72 valence electrons. The van der Waals surface area contributed by atoms with Gasteiger partial charge in [0.2, 0.25) is 5.91 Å². The summed E-state index contributed by atoms with van der Waals surface area (Å²) in [5.41, 5.74) is 0. The van der Waals surface area contributed by atoms with Gasteiger partial charge in [0.25, 0.3) is 0 Å². The van der Waals surface area contributed by atoms with Crippen molar-refractivity contribution >= 4 is 18.5 Å². The van der Waals surface area contributed by atoms with Crippen LogP contribution < -0.4 is 5.32 Å². The zero-order valence-corrected chi connectivity index (χ0v) is 8.56. The molecule has 1 N–H and O–H groups in total. The number of hydrogen-bond acceptors (Lipinski definition) is 3. The fraction of sp³-hybridized carbons (Fsp3) is 0.875. The maximum Gasteiger partial charge on any atom is 0.230 e. The Balaban J connectivity index is 3.68. The number of hydrogen-bond donors (Lipinski definition) is 2. The van der Waals surface area contributed by atoms with Gasteiger partial charge in [0.1, 0.15) is 0 Å². The molecule has 0 heterocycles. The molecule has 4 heteroatoms. The highest BCUT2D eigenvalue weighted by Gasteiger charge is 2.09. The van der Waals surface area contributed by atoms with Crippen molar-refractivity contribution in [3.05, 3.63) is 0 Å². The second-order valence-corrected chi connectivity index (χ2v) is 2.98. The van der Waals surface area contributed by atoms with Gasteiger partial charge in [0, 0.05) is 7.11 Å². The molecule has 0 aliphatic rings. The summed E-state index contributed by atoms with van der Waals surface area (Å²) in [5.74, 6) is 0.207. The van der Waals surface area contributed by atoms with E-state index >= 15 is 0 Å². The van der Waals surface area contributed by atoms with E-state index in [0.29, 0.717) is 6.61 Å². The summed E-state index contributed by atoms with van der Waals surface area (Å²) in [6.07, 6.45) is 1.99. The Bertz CT molecular complexity index is 124. The van der Waals surface area contributed by atoms with Crippen molar-refractivity contribution < 1.29 is 9.53 Å². The number of carbonyl (C=O) groups is 1. The van der Waals surface area contributed by atoms with E-state index in [2.05, 4.69) is 24.9 Å². The normalized spacial score (nSPS) is 12.6. The van der Waals surface area contributed by atoms with E-state index in [4.69, 9.17) is 4.74 Å². The first kappa shape index (κ1) is 11.8. The van der Waals surface area contributed by atoms with Crippen LogP contribution in [0.4, 0.5) is 0 Å². The molecule has 1 amide bonds. The van der Waals surface area contributed by atoms with Crippen molar-refractivity contribution in [1.82, 2.24) is 5.32 Å². The minimum Gasteiger partial charge on any atom is -0.383 e. The Kier molecular flexibility index (Phi) is 7.29. The van der Waals surface area contributed by atoms with Crippen LogP contribution in [0.2, 0.25) is 0 Å². The van der Waals surface area contributed by atoms with E-state index in [1.807, 2.05) is 0 Å². The van der Waals surface area contributed by atoms with Crippen LogP contribution in [-0.4, -0.2) is 31.4 Å². The quantitative estimate of drug-likeness (QED) is 0.611. The first-order valence-corrected chi connectivity index (χ1v) is 4.77. The average Bonchev–Trinajstić information content (AvgIpc) is 2.05. The van der Waals surface area contributed by atoms with Crippen molar-refractivity contribution in [2.24, 2.45) is 0 Å². The Labute approximate surface area is 79.3 Å². The summed E-state index contributed by atoms with van der Waals surface area (Å²) in [6, 6.07) is 0.139.